The number of fused-ring (bicyclic) bond motifs is 1. The number of likely N-dealkylation sites (tertiary alicyclic amines) is 1. The van der Waals surface area contributed by atoms with Crippen molar-refractivity contribution in [3.63, 3.8) is 0 Å². The Morgan fingerprint density at radius 3 is 2.81 bits per heavy atom. The number of rotatable bonds is 13. The van der Waals surface area contributed by atoms with Crippen molar-refractivity contribution in [3.05, 3.63) is 41.1 Å². The number of para-hydroxylation sites is 1. The number of nitrogens with zero attached hydrogens (tertiary/aromatic N) is 2. The Labute approximate surface area is 230 Å². The molecule has 196 valence electrons. The summed E-state index contributed by atoms with van der Waals surface area (Å²) in [6.45, 7) is 2.59. The highest BCUT2D eigenvalue weighted by molar-refractivity contribution is 6.35. The van der Waals surface area contributed by atoms with E-state index in [4.69, 9.17) is 26.8 Å². The van der Waals surface area contributed by atoms with E-state index in [1.165, 1.54) is 0 Å². The van der Waals surface area contributed by atoms with Gasteiger partial charge in [0.15, 0.2) is 4.43 Å². The number of carbonyl (C=O) groups excluding carboxylic acids is 2. The predicted octanol–water partition coefficient (Wildman–Crippen LogP) is 1.19. The zero-order valence-electron chi connectivity index (χ0n) is 20.5. The van der Waals surface area contributed by atoms with Gasteiger partial charge in [0.1, 0.15) is 23.7 Å². The summed E-state index contributed by atoms with van der Waals surface area (Å²) in [5.74, 6) is 0.735. The number of hydrogen-bond acceptors (Lipinski definition) is 6. The van der Waals surface area contributed by atoms with Gasteiger partial charge in [-0.1, -0.05) is 30.5 Å². The normalized spacial score (nSPS) is 18.0. The van der Waals surface area contributed by atoms with Crippen LogP contribution in [-0.4, -0.2) is 56.5 Å². The quantitative estimate of drug-likeness (QED) is 0.149. The number of unbranched alkanes of at least 4 members (excludes halogenated alkanes) is 4. The van der Waals surface area contributed by atoms with E-state index >= 15 is 0 Å². The van der Waals surface area contributed by atoms with Gasteiger partial charge in [0.05, 0.1) is 23.7 Å². The van der Waals surface area contributed by atoms with Crippen molar-refractivity contribution in [2.24, 2.45) is 5.73 Å². The monoisotopic (exact) mass is 630 g/mol. The molecule has 0 spiro atoms. The molecule has 1 aromatic heterocycles. The van der Waals surface area contributed by atoms with Gasteiger partial charge in [-0.2, -0.15) is 0 Å². The SMILES string of the molecule is CCOc1cc(O[C@@H]2C[C@@H](C(N)=O)N(C(=O)CCCCCCC=C(O)C[IH+])C2)c2cccc(Cl)c2n1. The third-order valence-electron chi connectivity index (χ3n) is 6.10. The van der Waals surface area contributed by atoms with Gasteiger partial charge in [0.25, 0.3) is 22.6 Å². The predicted molar refractivity (Wildman–Crippen MR) is 136 cm³/mol. The largest absolute Gasteiger partial charge is 0.508 e. The Bertz CT molecular complexity index is 1100. The molecular weight excluding hydrogens is 597 g/mol. The summed E-state index contributed by atoms with van der Waals surface area (Å²) in [7, 11) is 0. The van der Waals surface area contributed by atoms with Crippen LogP contribution >= 0.6 is 11.6 Å². The molecule has 1 aliphatic rings. The second-order valence-corrected chi connectivity index (χ2v) is 9.99. The first-order chi connectivity index (χ1) is 17.3. The first-order valence-corrected chi connectivity index (χ1v) is 14.3. The first-order valence-electron chi connectivity index (χ1n) is 12.3. The molecule has 0 bridgehead atoms. The second kappa shape index (κ2) is 13.9. The van der Waals surface area contributed by atoms with Gasteiger partial charge in [0, 0.05) is 24.3 Å². The van der Waals surface area contributed by atoms with Crippen molar-refractivity contribution < 1.29 is 46.8 Å². The summed E-state index contributed by atoms with van der Waals surface area (Å²) in [5.41, 5.74) is 6.21. The van der Waals surface area contributed by atoms with Crippen LogP contribution in [0.1, 0.15) is 51.9 Å². The minimum Gasteiger partial charge on any atom is -0.508 e. The molecule has 3 N–H and O–H groups in total. The van der Waals surface area contributed by atoms with Gasteiger partial charge in [-0.05, 0) is 44.4 Å². The van der Waals surface area contributed by atoms with Gasteiger partial charge < -0.3 is 25.2 Å². The highest BCUT2D eigenvalue weighted by atomic mass is 127. The molecule has 36 heavy (non-hydrogen) atoms. The summed E-state index contributed by atoms with van der Waals surface area (Å²) in [6.07, 6.45) is 6.56. The highest BCUT2D eigenvalue weighted by Gasteiger charge is 2.39. The average Bonchev–Trinajstić information content (AvgIpc) is 3.28. The van der Waals surface area contributed by atoms with Crippen molar-refractivity contribution in [1.29, 1.82) is 0 Å². The minimum atomic E-state index is -0.701. The molecular formula is C26H34ClIN3O5+. The standard InChI is InChI=1S/C26H33ClIN3O5/c1-2-35-23-14-22(19-10-8-11-20(27)25(19)30-23)36-18-13-21(26(29)34)31(16-18)24(33)12-7-5-3-4-6-9-17(32)15-28/h8-11,14,18,21,28H,2-7,12-13,15-16H2,1H3,(H2-,29,32,34)/p+1/t18-,21+/m1/s1. The maximum atomic E-state index is 12.9. The molecule has 3 rings (SSSR count). The van der Waals surface area contributed by atoms with Gasteiger partial charge in [-0.3, -0.25) is 9.59 Å². The molecule has 1 aromatic carbocycles. The van der Waals surface area contributed by atoms with Gasteiger partial charge >= 0.3 is 0 Å². The summed E-state index contributed by atoms with van der Waals surface area (Å²) < 4.78 is 12.5. The van der Waals surface area contributed by atoms with E-state index in [-0.39, 0.29) is 12.5 Å². The maximum Gasteiger partial charge on any atom is 0.260 e. The van der Waals surface area contributed by atoms with Crippen LogP contribution in [0.3, 0.4) is 0 Å². The van der Waals surface area contributed by atoms with E-state index in [0.29, 0.717) is 51.8 Å². The van der Waals surface area contributed by atoms with E-state index in [2.05, 4.69) is 4.98 Å². The molecule has 0 unspecified atom stereocenters. The fourth-order valence-electron chi connectivity index (χ4n) is 4.33. The Morgan fingerprint density at radius 1 is 1.31 bits per heavy atom. The van der Waals surface area contributed by atoms with Crippen molar-refractivity contribution in [2.75, 3.05) is 17.6 Å². The number of nitrogens with two attached hydrogens (primary N) is 1. The molecule has 2 atom stereocenters. The number of hydrogen-bond donors (Lipinski definition) is 2. The third-order valence-corrected chi connectivity index (χ3v) is 7.25. The molecule has 0 saturated carbocycles. The van der Waals surface area contributed by atoms with Gasteiger partial charge in [-0.25, -0.2) is 4.98 Å². The molecule has 1 aliphatic heterocycles. The van der Waals surface area contributed by atoms with E-state index < -0.39 is 18.1 Å². The number of aromatic nitrogens is 1. The third kappa shape index (κ3) is 7.61. The lowest BCUT2D eigenvalue weighted by atomic mass is 10.1. The van der Waals surface area contributed by atoms with Crippen molar-refractivity contribution in [2.45, 2.75) is 64.0 Å². The number of carbonyl (C=O) groups is 2. The lowest BCUT2D eigenvalue weighted by Gasteiger charge is -2.22. The van der Waals surface area contributed by atoms with Crippen LogP contribution in [0.15, 0.2) is 36.1 Å². The van der Waals surface area contributed by atoms with Crippen molar-refractivity contribution >= 4 is 34.3 Å². The number of pyridine rings is 1. The lowest BCUT2D eigenvalue weighted by molar-refractivity contribution is -0.361. The van der Waals surface area contributed by atoms with Crippen LogP contribution in [0.4, 0.5) is 0 Å². The number of alkyl halides is 1. The van der Waals surface area contributed by atoms with E-state index in [1.54, 1.807) is 17.0 Å². The van der Waals surface area contributed by atoms with E-state index in [9.17, 15) is 14.7 Å². The number of aliphatic hydroxyl groups is 1. The smallest absolute Gasteiger partial charge is 0.260 e. The number of primary amides is 1. The lowest BCUT2D eigenvalue weighted by Crippen LogP contribution is -3.35. The first kappa shape index (κ1) is 28.3. The molecule has 2 heterocycles. The number of allylic oxidation sites excluding steroid dienone is 2. The number of aliphatic hydroxyl groups excluding tert-OH is 1. The van der Waals surface area contributed by atoms with Gasteiger partial charge in [0.2, 0.25) is 17.7 Å². The van der Waals surface area contributed by atoms with Crippen LogP contribution in [0, 0.1) is 0 Å². The van der Waals surface area contributed by atoms with E-state index in [1.807, 2.05) is 47.7 Å². The fourth-order valence-corrected chi connectivity index (χ4v) is 4.89. The second-order valence-electron chi connectivity index (χ2n) is 8.76. The molecule has 1 fully saturated rings. The number of ether oxygens (including phenoxy) is 2. The van der Waals surface area contributed by atoms with Crippen LogP contribution in [0.5, 0.6) is 11.6 Å². The fraction of sp³-hybridized carbons (Fsp3) is 0.500. The van der Waals surface area contributed by atoms with Crippen molar-refractivity contribution in [3.8, 4) is 11.6 Å². The molecule has 2 aromatic rings. The Hall–Kier alpha value is -2.27. The Kier molecular flexibility index (Phi) is 10.9. The van der Waals surface area contributed by atoms with Gasteiger partial charge in [-0.15, -0.1) is 0 Å². The molecule has 1 saturated heterocycles. The summed E-state index contributed by atoms with van der Waals surface area (Å²) in [4.78, 5) is 31.1. The topological polar surface area (TPSA) is 115 Å². The van der Waals surface area contributed by atoms with Crippen LogP contribution in [0.2, 0.25) is 5.02 Å². The van der Waals surface area contributed by atoms with Crippen LogP contribution in [0.25, 0.3) is 10.9 Å². The molecule has 0 radical (unpaired) electrons. The van der Waals surface area contributed by atoms with Crippen LogP contribution in [-0.2, 0) is 9.59 Å². The molecule has 0 aliphatic carbocycles. The summed E-state index contributed by atoms with van der Waals surface area (Å²) in [6, 6.07) is 6.44. The Morgan fingerprint density at radius 2 is 2.08 bits per heavy atom. The molecule has 8 nitrogen and oxygen atoms in total. The number of benzene rings is 1. The Balaban J connectivity index is 1.62. The van der Waals surface area contributed by atoms with E-state index in [0.717, 1.165) is 37.5 Å². The molecule has 2 amide bonds. The summed E-state index contributed by atoms with van der Waals surface area (Å²) in [5, 5.41) is 10.7. The maximum absolute atomic E-state index is 12.9. The average molecular weight is 631 g/mol. The minimum absolute atomic E-state index is 0.0913. The summed E-state index contributed by atoms with van der Waals surface area (Å²) >= 11 is 8.20. The number of halogens is 2. The van der Waals surface area contributed by atoms with Crippen molar-refractivity contribution in [1.82, 2.24) is 9.88 Å². The van der Waals surface area contributed by atoms with Crippen LogP contribution < -0.4 is 37.8 Å². The molecule has 10 heteroatoms. The highest BCUT2D eigenvalue weighted by Crippen LogP contribution is 2.34. The zero-order chi connectivity index (χ0) is 26.1. The zero-order valence-corrected chi connectivity index (χ0v) is 23.5. The number of amides is 2.